The predicted octanol–water partition coefficient (Wildman–Crippen LogP) is 4.71. The van der Waals surface area contributed by atoms with E-state index in [-0.39, 0.29) is 31.1 Å². The highest BCUT2D eigenvalue weighted by Gasteiger charge is 2.27. The average molecular weight is 380 g/mol. The van der Waals surface area contributed by atoms with Gasteiger partial charge in [-0.3, -0.25) is 9.59 Å². The molecule has 4 nitrogen and oxygen atoms in total. The number of carbonyl (C=O) groups is 2. The highest BCUT2D eigenvalue weighted by atomic mass is 16.5. The van der Waals surface area contributed by atoms with E-state index in [1.54, 1.807) is 0 Å². The van der Waals surface area contributed by atoms with Crippen molar-refractivity contribution in [3.63, 3.8) is 0 Å². The summed E-state index contributed by atoms with van der Waals surface area (Å²) in [6, 6.07) is 19.6. The molecule has 1 aliphatic rings. The molecule has 1 saturated carbocycles. The number of ether oxygens (including phenoxy) is 2. The summed E-state index contributed by atoms with van der Waals surface area (Å²) in [5, 5.41) is 0. The molecule has 148 valence electrons. The number of hydrogen-bond donors (Lipinski definition) is 0. The summed E-state index contributed by atoms with van der Waals surface area (Å²) in [6.45, 7) is 0.327. The maximum Gasteiger partial charge on any atom is 0.312 e. The Labute approximate surface area is 166 Å². The molecule has 0 radical (unpaired) electrons. The molecule has 0 aromatic heterocycles. The molecule has 2 aromatic carbocycles. The lowest BCUT2D eigenvalue weighted by atomic mass is 10.00. The second-order valence-electron chi connectivity index (χ2n) is 7.43. The van der Waals surface area contributed by atoms with Gasteiger partial charge < -0.3 is 9.47 Å². The minimum Gasteiger partial charge on any atom is -0.465 e. The summed E-state index contributed by atoms with van der Waals surface area (Å²) in [4.78, 5) is 24.9. The van der Waals surface area contributed by atoms with E-state index < -0.39 is 5.92 Å². The van der Waals surface area contributed by atoms with Crippen molar-refractivity contribution in [2.75, 3.05) is 6.61 Å². The van der Waals surface area contributed by atoms with E-state index in [1.165, 1.54) is 0 Å². The van der Waals surface area contributed by atoms with Crippen LogP contribution >= 0.6 is 0 Å². The zero-order valence-electron chi connectivity index (χ0n) is 16.2. The quantitative estimate of drug-likeness (QED) is 0.591. The van der Waals surface area contributed by atoms with Crippen LogP contribution in [0, 0.1) is 11.8 Å². The van der Waals surface area contributed by atoms with E-state index in [2.05, 4.69) is 0 Å². The number of hydrogen-bond acceptors (Lipinski definition) is 4. The number of rotatable bonds is 9. The van der Waals surface area contributed by atoms with Crippen molar-refractivity contribution < 1.29 is 19.1 Å². The van der Waals surface area contributed by atoms with Crippen LogP contribution < -0.4 is 0 Å². The Morgan fingerprint density at radius 1 is 0.857 bits per heavy atom. The van der Waals surface area contributed by atoms with Gasteiger partial charge in [-0.05, 0) is 36.8 Å². The zero-order chi connectivity index (χ0) is 19.6. The molecule has 0 heterocycles. The Hall–Kier alpha value is -2.62. The van der Waals surface area contributed by atoms with Gasteiger partial charge >= 0.3 is 11.9 Å². The first kappa shape index (κ1) is 20.1. The molecule has 0 spiro atoms. The highest BCUT2D eigenvalue weighted by molar-refractivity contribution is 5.75. The second-order valence-corrected chi connectivity index (χ2v) is 7.43. The van der Waals surface area contributed by atoms with E-state index in [4.69, 9.17) is 9.47 Å². The Bertz CT molecular complexity index is 736. The molecule has 1 fully saturated rings. The molecule has 0 bridgehead atoms. The number of aryl methyl sites for hydroxylation is 1. The van der Waals surface area contributed by atoms with Crippen LogP contribution in [0.4, 0.5) is 0 Å². The lowest BCUT2D eigenvalue weighted by Gasteiger charge is -2.18. The molecule has 2 aromatic rings. The molecule has 0 amide bonds. The third-order valence-corrected chi connectivity index (χ3v) is 5.30. The third-order valence-electron chi connectivity index (χ3n) is 5.30. The predicted molar refractivity (Wildman–Crippen MR) is 107 cm³/mol. The summed E-state index contributed by atoms with van der Waals surface area (Å²) in [5.41, 5.74) is 2.10. The zero-order valence-corrected chi connectivity index (χ0v) is 16.2. The molecule has 1 aliphatic carbocycles. The van der Waals surface area contributed by atoms with Crippen molar-refractivity contribution >= 4 is 11.9 Å². The smallest absolute Gasteiger partial charge is 0.312 e. The van der Waals surface area contributed by atoms with Crippen LogP contribution in [0.15, 0.2) is 60.7 Å². The molecular weight excluding hydrogens is 352 g/mol. The van der Waals surface area contributed by atoms with Crippen molar-refractivity contribution in [1.29, 1.82) is 0 Å². The second kappa shape index (κ2) is 10.6. The Kier molecular flexibility index (Phi) is 7.65. The average Bonchev–Trinajstić information content (AvgIpc) is 3.28. The molecule has 1 unspecified atom stereocenters. The van der Waals surface area contributed by atoms with Crippen LogP contribution in [0.1, 0.15) is 43.2 Å². The minimum atomic E-state index is -0.450. The first-order valence-electron chi connectivity index (χ1n) is 10.1. The van der Waals surface area contributed by atoms with Gasteiger partial charge in [0.25, 0.3) is 0 Å². The molecule has 4 heteroatoms. The van der Waals surface area contributed by atoms with Gasteiger partial charge in [-0.1, -0.05) is 73.5 Å². The third kappa shape index (κ3) is 6.22. The highest BCUT2D eigenvalue weighted by Crippen LogP contribution is 2.26. The maximum absolute atomic E-state index is 12.7. The van der Waals surface area contributed by atoms with Crippen LogP contribution in [0.5, 0.6) is 0 Å². The molecule has 0 saturated heterocycles. The molecular formula is C24H28O4. The Morgan fingerprint density at radius 2 is 1.46 bits per heavy atom. The fraction of sp³-hybridized carbons (Fsp3) is 0.417. The van der Waals surface area contributed by atoms with Crippen LogP contribution in [0.25, 0.3) is 0 Å². The molecule has 28 heavy (non-hydrogen) atoms. The SMILES string of the molecule is O=C(OCC(CCc1ccccc1)C(=O)OCc1ccccc1)C1CCCC1. The first-order valence-corrected chi connectivity index (χ1v) is 10.1. The lowest BCUT2D eigenvalue weighted by molar-refractivity contribution is -0.158. The topological polar surface area (TPSA) is 52.6 Å². The van der Waals surface area contributed by atoms with Gasteiger partial charge in [0.05, 0.1) is 11.8 Å². The fourth-order valence-corrected chi connectivity index (χ4v) is 3.56. The standard InChI is InChI=1S/C24H28O4/c25-23(21-13-7-8-14-21)28-18-22(16-15-19-9-3-1-4-10-19)24(26)27-17-20-11-5-2-6-12-20/h1-6,9-12,21-22H,7-8,13-18H2. The van der Waals surface area contributed by atoms with Crippen molar-refractivity contribution in [3.05, 3.63) is 71.8 Å². The van der Waals surface area contributed by atoms with E-state index in [9.17, 15) is 9.59 Å². The van der Waals surface area contributed by atoms with E-state index in [0.29, 0.717) is 6.42 Å². The van der Waals surface area contributed by atoms with Crippen LogP contribution in [0.2, 0.25) is 0 Å². The minimum absolute atomic E-state index is 0.00453. The van der Waals surface area contributed by atoms with Gasteiger partial charge in [-0.15, -0.1) is 0 Å². The lowest BCUT2D eigenvalue weighted by Crippen LogP contribution is -2.26. The van der Waals surface area contributed by atoms with E-state index in [1.807, 2.05) is 60.7 Å². The van der Waals surface area contributed by atoms with Crippen LogP contribution in [-0.2, 0) is 32.1 Å². The number of benzene rings is 2. The number of carbonyl (C=O) groups excluding carboxylic acids is 2. The summed E-state index contributed by atoms with van der Waals surface area (Å²) in [5.74, 6) is -0.929. The monoisotopic (exact) mass is 380 g/mol. The van der Waals surface area contributed by atoms with Gasteiger partial charge in [0.1, 0.15) is 13.2 Å². The summed E-state index contributed by atoms with van der Waals surface area (Å²) in [7, 11) is 0. The molecule has 0 N–H and O–H groups in total. The van der Waals surface area contributed by atoms with Gasteiger partial charge in [0.15, 0.2) is 0 Å². The molecule has 1 atom stereocenters. The van der Waals surface area contributed by atoms with Gasteiger partial charge in [-0.25, -0.2) is 0 Å². The van der Waals surface area contributed by atoms with Crippen LogP contribution in [0.3, 0.4) is 0 Å². The fourth-order valence-electron chi connectivity index (χ4n) is 3.56. The Balaban J connectivity index is 1.55. The summed E-state index contributed by atoms with van der Waals surface area (Å²) >= 11 is 0. The van der Waals surface area contributed by atoms with E-state index in [0.717, 1.165) is 43.2 Å². The number of esters is 2. The van der Waals surface area contributed by atoms with Crippen molar-refractivity contribution in [2.45, 2.75) is 45.1 Å². The van der Waals surface area contributed by atoms with Gasteiger partial charge in [0, 0.05) is 0 Å². The van der Waals surface area contributed by atoms with Crippen molar-refractivity contribution in [3.8, 4) is 0 Å². The summed E-state index contributed by atoms with van der Waals surface area (Å²) in [6.07, 6.45) is 5.28. The maximum atomic E-state index is 12.7. The molecule has 0 aliphatic heterocycles. The van der Waals surface area contributed by atoms with Crippen LogP contribution in [-0.4, -0.2) is 18.5 Å². The van der Waals surface area contributed by atoms with Crippen molar-refractivity contribution in [1.82, 2.24) is 0 Å². The summed E-state index contributed by atoms with van der Waals surface area (Å²) < 4.78 is 11.0. The van der Waals surface area contributed by atoms with Gasteiger partial charge in [-0.2, -0.15) is 0 Å². The largest absolute Gasteiger partial charge is 0.465 e. The van der Waals surface area contributed by atoms with Gasteiger partial charge in [0.2, 0.25) is 0 Å². The Morgan fingerprint density at radius 3 is 2.11 bits per heavy atom. The first-order chi connectivity index (χ1) is 13.7. The van der Waals surface area contributed by atoms with E-state index >= 15 is 0 Å². The normalized spacial score (nSPS) is 15.1. The van der Waals surface area contributed by atoms with Crippen molar-refractivity contribution in [2.24, 2.45) is 11.8 Å². The molecule has 3 rings (SSSR count).